The first-order chi connectivity index (χ1) is 9.46. The molecule has 0 aliphatic heterocycles. The Morgan fingerprint density at radius 1 is 1.40 bits per heavy atom. The molecule has 2 aromatic rings. The van der Waals surface area contributed by atoms with Gasteiger partial charge in [0.15, 0.2) is 5.13 Å². The minimum Gasteiger partial charge on any atom is -0.302 e. The highest BCUT2D eigenvalue weighted by molar-refractivity contribution is 7.89. The lowest BCUT2D eigenvalue weighted by Gasteiger charge is -2.00. The number of hydrogen-bond donors (Lipinski definition) is 2. The van der Waals surface area contributed by atoms with E-state index in [0.717, 1.165) is 6.42 Å². The molecule has 2 rings (SSSR count). The van der Waals surface area contributed by atoms with Crippen LogP contribution in [0.2, 0.25) is 0 Å². The normalized spacial score (nSPS) is 11.7. The molecule has 1 heterocycles. The van der Waals surface area contributed by atoms with Gasteiger partial charge in [0.05, 0.1) is 15.1 Å². The number of carbonyl (C=O) groups is 1. The van der Waals surface area contributed by atoms with Crippen LogP contribution in [0.3, 0.4) is 0 Å². The maximum Gasteiger partial charge on any atom is 0.240 e. The number of thiazole rings is 1. The summed E-state index contributed by atoms with van der Waals surface area (Å²) in [4.78, 5) is 15.9. The van der Waals surface area contributed by atoms with Crippen LogP contribution < -0.4 is 10.0 Å². The van der Waals surface area contributed by atoms with Crippen molar-refractivity contribution in [1.82, 2.24) is 9.71 Å². The summed E-state index contributed by atoms with van der Waals surface area (Å²) in [6.07, 6.45) is 1.20. The van der Waals surface area contributed by atoms with Gasteiger partial charge in [0.1, 0.15) is 0 Å². The fourth-order valence-corrected chi connectivity index (χ4v) is 3.40. The van der Waals surface area contributed by atoms with Crippen molar-refractivity contribution in [2.75, 3.05) is 12.4 Å². The quantitative estimate of drug-likeness (QED) is 0.883. The summed E-state index contributed by atoms with van der Waals surface area (Å²) in [6, 6.07) is 4.67. The van der Waals surface area contributed by atoms with Crippen LogP contribution in [0.1, 0.15) is 19.8 Å². The van der Waals surface area contributed by atoms with Crippen LogP contribution in [-0.2, 0) is 14.8 Å². The van der Waals surface area contributed by atoms with E-state index < -0.39 is 10.0 Å². The van der Waals surface area contributed by atoms with Crippen LogP contribution in [0.4, 0.5) is 5.13 Å². The number of fused-ring (bicyclic) bond motifs is 1. The molecule has 0 saturated carbocycles. The first kappa shape index (κ1) is 14.9. The molecule has 1 aromatic carbocycles. The third kappa shape index (κ3) is 3.14. The Morgan fingerprint density at radius 3 is 2.80 bits per heavy atom. The van der Waals surface area contributed by atoms with Gasteiger partial charge in [-0.05, 0) is 31.7 Å². The molecular formula is C12H15N3O3S2. The number of aromatic nitrogens is 1. The van der Waals surface area contributed by atoms with Gasteiger partial charge in [-0.3, -0.25) is 4.79 Å². The van der Waals surface area contributed by atoms with Crippen molar-refractivity contribution >= 4 is 42.6 Å². The van der Waals surface area contributed by atoms with E-state index in [1.807, 2.05) is 6.92 Å². The van der Waals surface area contributed by atoms with E-state index in [9.17, 15) is 13.2 Å². The minimum absolute atomic E-state index is 0.0883. The van der Waals surface area contributed by atoms with Crippen molar-refractivity contribution in [3.63, 3.8) is 0 Å². The van der Waals surface area contributed by atoms with Crippen LogP contribution in [0, 0.1) is 0 Å². The Bertz CT molecular complexity index is 737. The van der Waals surface area contributed by atoms with Gasteiger partial charge in [-0.1, -0.05) is 18.3 Å². The van der Waals surface area contributed by atoms with Gasteiger partial charge in [0, 0.05) is 6.42 Å². The zero-order valence-corrected chi connectivity index (χ0v) is 12.8. The summed E-state index contributed by atoms with van der Waals surface area (Å²) < 4.78 is 26.4. The number of anilines is 1. The second-order valence-corrected chi connectivity index (χ2v) is 7.07. The number of benzene rings is 1. The first-order valence-corrected chi connectivity index (χ1v) is 8.40. The van der Waals surface area contributed by atoms with E-state index in [1.165, 1.54) is 24.5 Å². The average Bonchev–Trinajstić information content (AvgIpc) is 2.79. The number of carbonyl (C=O) groups excluding carboxylic acids is 1. The molecule has 0 atom stereocenters. The van der Waals surface area contributed by atoms with Gasteiger partial charge in [-0.25, -0.2) is 18.1 Å². The molecule has 1 amide bonds. The summed E-state index contributed by atoms with van der Waals surface area (Å²) in [5.41, 5.74) is 0.664. The molecule has 0 aliphatic rings. The molecule has 20 heavy (non-hydrogen) atoms. The van der Waals surface area contributed by atoms with Crippen molar-refractivity contribution < 1.29 is 13.2 Å². The SMILES string of the molecule is CCCC(=O)Nc1nc2ccc(S(=O)(=O)NC)cc2s1. The molecule has 8 heteroatoms. The Kier molecular flexibility index (Phi) is 4.36. The predicted molar refractivity (Wildman–Crippen MR) is 79.4 cm³/mol. The monoisotopic (exact) mass is 313 g/mol. The number of nitrogens with zero attached hydrogens (tertiary/aromatic N) is 1. The number of nitrogens with one attached hydrogen (secondary N) is 2. The highest BCUT2D eigenvalue weighted by Crippen LogP contribution is 2.28. The third-order valence-electron chi connectivity index (χ3n) is 2.66. The Labute approximate surface area is 121 Å². The summed E-state index contributed by atoms with van der Waals surface area (Å²) in [7, 11) is -2.11. The minimum atomic E-state index is -3.47. The summed E-state index contributed by atoms with van der Waals surface area (Å²) in [5, 5.41) is 3.19. The highest BCUT2D eigenvalue weighted by atomic mass is 32.2. The Balaban J connectivity index is 2.33. The van der Waals surface area contributed by atoms with Crippen molar-refractivity contribution in [2.24, 2.45) is 0 Å². The second kappa shape index (κ2) is 5.86. The van der Waals surface area contributed by atoms with Crippen molar-refractivity contribution in [2.45, 2.75) is 24.7 Å². The van der Waals surface area contributed by atoms with E-state index in [-0.39, 0.29) is 10.8 Å². The van der Waals surface area contributed by atoms with E-state index in [2.05, 4.69) is 15.0 Å². The van der Waals surface area contributed by atoms with Crippen molar-refractivity contribution in [1.29, 1.82) is 0 Å². The van der Waals surface area contributed by atoms with Crippen LogP contribution >= 0.6 is 11.3 Å². The fourth-order valence-electron chi connectivity index (χ4n) is 1.65. The lowest BCUT2D eigenvalue weighted by molar-refractivity contribution is -0.116. The van der Waals surface area contributed by atoms with Gasteiger partial charge in [-0.2, -0.15) is 0 Å². The molecule has 0 aliphatic carbocycles. The number of hydrogen-bond acceptors (Lipinski definition) is 5. The topological polar surface area (TPSA) is 88.2 Å². The Morgan fingerprint density at radius 2 is 2.15 bits per heavy atom. The largest absolute Gasteiger partial charge is 0.302 e. The number of sulfonamides is 1. The Hall–Kier alpha value is -1.51. The van der Waals surface area contributed by atoms with Gasteiger partial charge >= 0.3 is 0 Å². The summed E-state index contributed by atoms with van der Waals surface area (Å²) >= 11 is 1.26. The summed E-state index contributed by atoms with van der Waals surface area (Å²) in [6.45, 7) is 1.92. The maximum absolute atomic E-state index is 11.7. The smallest absolute Gasteiger partial charge is 0.240 e. The summed E-state index contributed by atoms with van der Waals surface area (Å²) in [5.74, 6) is -0.0883. The van der Waals surface area contributed by atoms with Gasteiger partial charge in [0.25, 0.3) is 0 Å². The molecule has 108 valence electrons. The maximum atomic E-state index is 11.7. The van der Waals surface area contributed by atoms with Crippen LogP contribution in [0.25, 0.3) is 10.2 Å². The molecule has 2 N–H and O–H groups in total. The van der Waals surface area contributed by atoms with Crippen LogP contribution in [0.15, 0.2) is 23.1 Å². The zero-order chi connectivity index (χ0) is 14.8. The zero-order valence-electron chi connectivity index (χ0n) is 11.1. The molecule has 0 unspecified atom stereocenters. The standard InChI is InChI=1S/C12H15N3O3S2/c1-3-4-11(16)15-12-14-9-6-5-8(7-10(9)19-12)20(17,18)13-2/h5-7,13H,3-4H2,1-2H3,(H,14,15,16). The van der Waals surface area contributed by atoms with E-state index in [0.29, 0.717) is 21.8 Å². The van der Waals surface area contributed by atoms with Gasteiger partial charge < -0.3 is 5.32 Å². The molecule has 0 bridgehead atoms. The molecule has 6 nitrogen and oxygen atoms in total. The molecule has 0 saturated heterocycles. The molecule has 0 radical (unpaired) electrons. The molecule has 0 spiro atoms. The van der Waals surface area contributed by atoms with E-state index >= 15 is 0 Å². The average molecular weight is 313 g/mol. The number of amides is 1. The number of rotatable bonds is 5. The lowest BCUT2D eigenvalue weighted by atomic mass is 10.3. The second-order valence-electron chi connectivity index (χ2n) is 4.15. The first-order valence-electron chi connectivity index (χ1n) is 6.10. The predicted octanol–water partition coefficient (Wildman–Crippen LogP) is 1.94. The lowest BCUT2D eigenvalue weighted by Crippen LogP contribution is -2.18. The van der Waals surface area contributed by atoms with Crippen LogP contribution in [-0.4, -0.2) is 26.4 Å². The van der Waals surface area contributed by atoms with Crippen LogP contribution in [0.5, 0.6) is 0 Å². The molecule has 1 aromatic heterocycles. The van der Waals surface area contributed by atoms with Crippen molar-refractivity contribution in [3.8, 4) is 0 Å². The van der Waals surface area contributed by atoms with Gasteiger partial charge in [0.2, 0.25) is 15.9 Å². The van der Waals surface area contributed by atoms with Gasteiger partial charge in [-0.15, -0.1) is 0 Å². The molecule has 0 fully saturated rings. The third-order valence-corrected chi connectivity index (χ3v) is 5.01. The van der Waals surface area contributed by atoms with Crippen molar-refractivity contribution in [3.05, 3.63) is 18.2 Å². The highest BCUT2D eigenvalue weighted by Gasteiger charge is 2.14. The molecular weight excluding hydrogens is 298 g/mol. The van der Waals surface area contributed by atoms with E-state index in [1.54, 1.807) is 12.1 Å². The van der Waals surface area contributed by atoms with E-state index in [4.69, 9.17) is 0 Å². The fraction of sp³-hybridized carbons (Fsp3) is 0.333.